The zero-order valence-corrected chi connectivity index (χ0v) is 16.5. The number of aromatic amines is 1. The molecular formula is C22H20FN5O3. The number of aliphatic imine (C=N–C) groups is 1. The number of hydrogen-bond acceptors (Lipinski definition) is 6. The van der Waals surface area contributed by atoms with Gasteiger partial charge in [-0.25, -0.2) is 4.39 Å². The minimum Gasteiger partial charge on any atom is -0.378 e. The lowest BCUT2D eigenvalue weighted by Crippen LogP contribution is -2.40. The molecule has 158 valence electrons. The number of benzene rings is 2. The second-order valence-corrected chi connectivity index (χ2v) is 6.94. The van der Waals surface area contributed by atoms with Gasteiger partial charge < -0.3 is 20.5 Å². The van der Waals surface area contributed by atoms with Crippen molar-refractivity contribution in [1.82, 2.24) is 9.88 Å². The highest BCUT2D eigenvalue weighted by atomic mass is 19.1. The molecule has 8 nitrogen and oxygen atoms in total. The van der Waals surface area contributed by atoms with E-state index in [0.29, 0.717) is 43.1 Å². The van der Waals surface area contributed by atoms with Crippen LogP contribution >= 0.6 is 0 Å². The molecule has 0 spiro atoms. The summed E-state index contributed by atoms with van der Waals surface area (Å²) in [6.45, 7) is 2.20. The summed E-state index contributed by atoms with van der Waals surface area (Å²) >= 11 is 0. The van der Waals surface area contributed by atoms with Crippen LogP contribution in [-0.2, 0) is 4.74 Å². The number of nitrogens with two attached hydrogens (primary N) is 1. The van der Waals surface area contributed by atoms with Gasteiger partial charge in [-0.3, -0.25) is 14.6 Å². The predicted molar refractivity (Wildman–Crippen MR) is 117 cm³/mol. The van der Waals surface area contributed by atoms with E-state index in [0.717, 1.165) is 0 Å². The highest BCUT2D eigenvalue weighted by molar-refractivity contribution is 6.38. The number of H-pyrrole nitrogens is 1. The fourth-order valence-corrected chi connectivity index (χ4v) is 3.33. The molecule has 3 aromatic rings. The molecule has 9 heteroatoms. The Balaban J connectivity index is 1.55. The molecule has 2 heterocycles. The number of hydrogen-bond donors (Lipinski definition) is 2. The lowest BCUT2D eigenvalue weighted by molar-refractivity contribution is 0.0303. The number of carbonyl (C=O) groups excluding carboxylic acids is 1. The Morgan fingerprint density at radius 3 is 2.61 bits per heavy atom. The number of aromatic nitrogens is 1. The summed E-state index contributed by atoms with van der Waals surface area (Å²) in [5, 5.41) is 3.88. The van der Waals surface area contributed by atoms with Gasteiger partial charge >= 0.3 is 0 Å². The van der Waals surface area contributed by atoms with Gasteiger partial charge in [0.2, 0.25) is 0 Å². The minimum absolute atomic E-state index is 0.0623. The van der Waals surface area contributed by atoms with Crippen molar-refractivity contribution in [3.05, 3.63) is 75.8 Å². The second kappa shape index (κ2) is 8.88. The molecule has 1 aromatic heterocycles. The van der Waals surface area contributed by atoms with E-state index in [4.69, 9.17) is 10.6 Å². The molecule has 0 unspecified atom stereocenters. The van der Waals surface area contributed by atoms with Gasteiger partial charge in [-0.15, -0.1) is 0 Å². The number of hydrazone groups is 1. The van der Waals surface area contributed by atoms with Gasteiger partial charge in [-0.1, -0.05) is 6.07 Å². The third kappa shape index (κ3) is 4.36. The van der Waals surface area contributed by atoms with Crippen molar-refractivity contribution >= 4 is 34.4 Å². The first-order valence-electron chi connectivity index (χ1n) is 9.68. The molecule has 4 rings (SSSR count). The normalized spacial score (nSPS) is 15.0. The number of ether oxygens (including phenoxy) is 1. The quantitative estimate of drug-likeness (QED) is 0.382. The van der Waals surface area contributed by atoms with Crippen molar-refractivity contribution in [1.29, 1.82) is 0 Å². The highest BCUT2D eigenvalue weighted by Crippen LogP contribution is 2.17. The topological polar surface area (TPSA) is 113 Å². The standard InChI is InChI=1S/C22H20FN5O3/c23-18-2-1-3-19-16(18)12-17(21(29)26-19)20(27-24)13-25-15-6-4-14(5-7-15)22(30)28-8-10-31-11-9-28/h1-7,12-13H,8-11,24H2,(H,26,29). The van der Waals surface area contributed by atoms with Gasteiger partial charge in [-0.05, 0) is 42.5 Å². The minimum atomic E-state index is -0.469. The number of halogens is 1. The second-order valence-electron chi connectivity index (χ2n) is 6.94. The first-order chi connectivity index (χ1) is 15.1. The molecule has 1 saturated heterocycles. The molecular weight excluding hydrogens is 401 g/mol. The molecule has 1 amide bonds. The Morgan fingerprint density at radius 2 is 1.90 bits per heavy atom. The zero-order chi connectivity index (χ0) is 21.8. The molecule has 1 fully saturated rings. The lowest BCUT2D eigenvalue weighted by atomic mass is 10.1. The monoisotopic (exact) mass is 421 g/mol. The summed E-state index contributed by atoms with van der Waals surface area (Å²) < 4.78 is 19.4. The molecule has 1 aliphatic heterocycles. The Labute approximate surface area is 176 Å². The van der Waals surface area contributed by atoms with Crippen LogP contribution in [0.25, 0.3) is 10.9 Å². The Kier molecular flexibility index (Phi) is 5.85. The van der Waals surface area contributed by atoms with E-state index in [-0.39, 0.29) is 22.6 Å². The summed E-state index contributed by atoms with van der Waals surface area (Å²) in [7, 11) is 0. The van der Waals surface area contributed by atoms with Crippen LogP contribution in [0.5, 0.6) is 0 Å². The average molecular weight is 421 g/mol. The van der Waals surface area contributed by atoms with Crippen molar-refractivity contribution in [2.24, 2.45) is 15.9 Å². The van der Waals surface area contributed by atoms with Crippen LogP contribution in [-0.4, -0.2) is 54.0 Å². The van der Waals surface area contributed by atoms with Crippen molar-refractivity contribution in [2.75, 3.05) is 26.3 Å². The zero-order valence-electron chi connectivity index (χ0n) is 16.5. The molecule has 0 aliphatic carbocycles. The maximum absolute atomic E-state index is 14.1. The van der Waals surface area contributed by atoms with E-state index < -0.39 is 11.4 Å². The van der Waals surface area contributed by atoms with Crippen LogP contribution in [0.2, 0.25) is 0 Å². The van der Waals surface area contributed by atoms with E-state index in [9.17, 15) is 14.0 Å². The summed E-state index contributed by atoms with van der Waals surface area (Å²) in [6, 6.07) is 12.6. The van der Waals surface area contributed by atoms with Gasteiger partial charge in [0.15, 0.2) is 0 Å². The summed E-state index contributed by atoms with van der Waals surface area (Å²) in [4.78, 5) is 33.6. The number of fused-ring (bicyclic) bond motifs is 1. The SMILES string of the molecule is NN=C(C=Nc1ccc(C(=O)N2CCOCC2)cc1)c1cc2c(F)cccc2[nH]c1=O. The van der Waals surface area contributed by atoms with Gasteiger partial charge in [0.25, 0.3) is 11.5 Å². The average Bonchev–Trinajstić information content (AvgIpc) is 2.80. The number of rotatable bonds is 4. The van der Waals surface area contributed by atoms with Crippen LogP contribution in [0.4, 0.5) is 10.1 Å². The van der Waals surface area contributed by atoms with Crippen molar-refractivity contribution in [3.63, 3.8) is 0 Å². The molecule has 2 aromatic carbocycles. The van der Waals surface area contributed by atoms with E-state index >= 15 is 0 Å². The molecule has 31 heavy (non-hydrogen) atoms. The number of amides is 1. The van der Waals surface area contributed by atoms with E-state index in [1.54, 1.807) is 35.2 Å². The molecule has 3 N–H and O–H groups in total. The van der Waals surface area contributed by atoms with Gasteiger partial charge in [0.05, 0.1) is 36.2 Å². The maximum Gasteiger partial charge on any atom is 0.258 e. The van der Waals surface area contributed by atoms with Crippen LogP contribution in [0.1, 0.15) is 15.9 Å². The molecule has 0 saturated carbocycles. The van der Waals surface area contributed by atoms with Gasteiger partial charge in [0, 0.05) is 24.0 Å². The van der Waals surface area contributed by atoms with Crippen LogP contribution in [0.15, 0.2) is 63.4 Å². The Hall–Kier alpha value is -3.85. The van der Waals surface area contributed by atoms with E-state index in [1.807, 2.05) is 0 Å². The predicted octanol–water partition coefficient (Wildman–Crippen LogP) is 2.20. The van der Waals surface area contributed by atoms with Crippen molar-refractivity contribution in [2.45, 2.75) is 0 Å². The maximum atomic E-state index is 14.1. The smallest absolute Gasteiger partial charge is 0.258 e. The van der Waals surface area contributed by atoms with Crippen LogP contribution in [0.3, 0.4) is 0 Å². The Bertz CT molecular complexity index is 1230. The summed E-state index contributed by atoms with van der Waals surface area (Å²) in [5.41, 5.74) is 1.21. The third-order valence-electron chi connectivity index (χ3n) is 5.00. The summed E-state index contributed by atoms with van der Waals surface area (Å²) in [6.07, 6.45) is 1.33. The Morgan fingerprint density at radius 1 is 1.16 bits per heavy atom. The van der Waals surface area contributed by atoms with E-state index in [2.05, 4.69) is 15.1 Å². The first kappa shape index (κ1) is 20.4. The number of nitrogens with one attached hydrogen (secondary N) is 1. The summed E-state index contributed by atoms with van der Waals surface area (Å²) in [5.74, 6) is 4.93. The molecule has 1 aliphatic rings. The molecule has 0 bridgehead atoms. The number of carbonyl (C=O) groups is 1. The van der Waals surface area contributed by atoms with Crippen LogP contribution in [0, 0.1) is 5.82 Å². The number of morpholine rings is 1. The number of pyridine rings is 1. The van der Waals surface area contributed by atoms with Gasteiger partial charge in [-0.2, -0.15) is 5.10 Å². The first-order valence-corrected chi connectivity index (χ1v) is 9.68. The third-order valence-corrected chi connectivity index (χ3v) is 5.00. The molecule has 0 atom stereocenters. The largest absolute Gasteiger partial charge is 0.378 e. The highest BCUT2D eigenvalue weighted by Gasteiger charge is 2.18. The number of nitrogens with zero attached hydrogens (tertiary/aromatic N) is 3. The molecule has 0 radical (unpaired) electrons. The van der Waals surface area contributed by atoms with Crippen LogP contribution < -0.4 is 11.4 Å². The van der Waals surface area contributed by atoms with Crippen molar-refractivity contribution < 1.29 is 13.9 Å². The fourth-order valence-electron chi connectivity index (χ4n) is 3.33. The van der Waals surface area contributed by atoms with E-state index in [1.165, 1.54) is 24.4 Å². The van der Waals surface area contributed by atoms with Crippen molar-refractivity contribution in [3.8, 4) is 0 Å². The lowest BCUT2D eigenvalue weighted by Gasteiger charge is -2.26. The van der Waals surface area contributed by atoms with Gasteiger partial charge in [0.1, 0.15) is 11.5 Å². The fraction of sp³-hybridized carbons (Fsp3) is 0.182.